The van der Waals surface area contributed by atoms with Gasteiger partial charge in [-0.15, -0.1) is 0 Å². The zero-order valence-electron chi connectivity index (χ0n) is 13.1. The Bertz CT molecular complexity index is 362. The summed E-state index contributed by atoms with van der Waals surface area (Å²) in [6.07, 6.45) is 5.13. The SMILES string of the molecule is C=CC(CC[C@@H](O)[C@H](/C=C/CC)C(=O)OCC)OC(C)=O. The van der Waals surface area contributed by atoms with E-state index in [1.165, 1.54) is 13.0 Å². The molecule has 0 fully saturated rings. The summed E-state index contributed by atoms with van der Waals surface area (Å²) in [6, 6.07) is 0. The first kappa shape index (κ1) is 19.4. The molecule has 21 heavy (non-hydrogen) atoms. The molecule has 120 valence electrons. The van der Waals surface area contributed by atoms with Gasteiger partial charge in [-0.25, -0.2) is 0 Å². The molecule has 3 atom stereocenters. The summed E-state index contributed by atoms with van der Waals surface area (Å²) in [7, 11) is 0. The summed E-state index contributed by atoms with van der Waals surface area (Å²) >= 11 is 0. The minimum atomic E-state index is -0.884. The molecule has 5 heteroatoms. The highest BCUT2D eigenvalue weighted by molar-refractivity contribution is 5.75. The lowest BCUT2D eigenvalue weighted by molar-refractivity contribution is -0.151. The number of carbonyl (C=O) groups is 2. The van der Waals surface area contributed by atoms with Crippen molar-refractivity contribution in [2.45, 2.75) is 52.2 Å². The lowest BCUT2D eigenvalue weighted by atomic mass is 9.96. The van der Waals surface area contributed by atoms with Gasteiger partial charge in [0.05, 0.1) is 12.7 Å². The standard InChI is InChI=1S/C16H26O5/c1-5-8-9-14(16(19)20-7-3)15(18)11-10-13(6-2)21-12(4)17/h6,8-9,13-15,18H,2,5,7,10-11H2,1,3-4H3/b9-8+/t13?,14-,15+/m0/s1. The Balaban J connectivity index is 4.61. The van der Waals surface area contributed by atoms with Crippen LogP contribution in [0.4, 0.5) is 0 Å². The van der Waals surface area contributed by atoms with Gasteiger partial charge in [-0.05, 0) is 26.2 Å². The smallest absolute Gasteiger partial charge is 0.315 e. The van der Waals surface area contributed by atoms with E-state index in [1.54, 1.807) is 13.0 Å². The first-order chi connectivity index (χ1) is 9.96. The molecule has 0 saturated heterocycles. The van der Waals surface area contributed by atoms with E-state index in [4.69, 9.17) is 9.47 Å². The fourth-order valence-corrected chi connectivity index (χ4v) is 1.84. The van der Waals surface area contributed by atoms with Gasteiger partial charge in [0.25, 0.3) is 0 Å². The van der Waals surface area contributed by atoms with Crippen LogP contribution >= 0.6 is 0 Å². The van der Waals surface area contributed by atoms with E-state index in [2.05, 4.69) is 6.58 Å². The van der Waals surface area contributed by atoms with Crippen LogP contribution in [0.25, 0.3) is 0 Å². The number of hydrogen-bond acceptors (Lipinski definition) is 5. The summed E-state index contributed by atoms with van der Waals surface area (Å²) in [5.74, 6) is -1.55. The van der Waals surface area contributed by atoms with Gasteiger partial charge < -0.3 is 14.6 Å². The number of ether oxygens (including phenoxy) is 2. The molecule has 0 spiro atoms. The van der Waals surface area contributed by atoms with Crippen LogP contribution in [0.2, 0.25) is 0 Å². The van der Waals surface area contributed by atoms with E-state index in [0.717, 1.165) is 6.42 Å². The average molecular weight is 298 g/mol. The van der Waals surface area contributed by atoms with Crippen molar-refractivity contribution in [1.82, 2.24) is 0 Å². The molecule has 0 aromatic heterocycles. The molecular weight excluding hydrogens is 272 g/mol. The van der Waals surface area contributed by atoms with Crippen molar-refractivity contribution >= 4 is 11.9 Å². The molecule has 0 rings (SSSR count). The molecule has 0 heterocycles. The van der Waals surface area contributed by atoms with E-state index < -0.39 is 30.1 Å². The van der Waals surface area contributed by atoms with Crippen molar-refractivity contribution < 1.29 is 24.2 Å². The molecule has 1 unspecified atom stereocenters. The van der Waals surface area contributed by atoms with Crippen molar-refractivity contribution in [3.05, 3.63) is 24.8 Å². The van der Waals surface area contributed by atoms with Gasteiger partial charge in [-0.3, -0.25) is 9.59 Å². The van der Waals surface area contributed by atoms with Crippen molar-refractivity contribution in [3.63, 3.8) is 0 Å². The van der Waals surface area contributed by atoms with Crippen LogP contribution in [0.15, 0.2) is 24.8 Å². The fraction of sp³-hybridized carbons (Fsp3) is 0.625. The molecule has 1 N–H and O–H groups in total. The first-order valence-corrected chi connectivity index (χ1v) is 7.27. The van der Waals surface area contributed by atoms with E-state index in [1.807, 2.05) is 13.0 Å². The predicted molar refractivity (Wildman–Crippen MR) is 80.5 cm³/mol. The third-order valence-corrected chi connectivity index (χ3v) is 2.88. The van der Waals surface area contributed by atoms with Gasteiger partial charge in [-0.2, -0.15) is 0 Å². The van der Waals surface area contributed by atoms with Gasteiger partial charge in [0, 0.05) is 6.92 Å². The Labute approximate surface area is 126 Å². The van der Waals surface area contributed by atoms with Crippen LogP contribution in [0.5, 0.6) is 0 Å². The number of aliphatic hydroxyl groups is 1. The molecule has 0 aliphatic heterocycles. The van der Waals surface area contributed by atoms with E-state index in [0.29, 0.717) is 12.8 Å². The fourth-order valence-electron chi connectivity index (χ4n) is 1.84. The first-order valence-electron chi connectivity index (χ1n) is 7.27. The summed E-state index contributed by atoms with van der Waals surface area (Å²) in [6.45, 7) is 8.84. The van der Waals surface area contributed by atoms with Crippen LogP contribution in [0, 0.1) is 5.92 Å². The molecule has 0 saturated carbocycles. The number of esters is 2. The third-order valence-electron chi connectivity index (χ3n) is 2.88. The number of rotatable bonds is 10. The molecule has 0 aliphatic carbocycles. The minimum Gasteiger partial charge on any atom is -0.465 e. The monoisotopic (exact) mass is 298 g/mol. The van der Waals surface area contributed by atoms with Crippen LogP contribution in [0.1, 0.15) is 40.0 Å². The van der Waals surface area contributed by atoms with Crippen LogP contribution in [0.3, 0.4) is 0 Å². The quantitative estimate of drug-likeness (QED) is 0.495. The summed E-state index contributed by atoms with van der Waals surface area (Å²) in [5.41, 5.74) is 0. The Morgan fingerprint density at radius 1 is 1.29 bits per heavy atom. The molecule has 0 aromatic rings. The van der Waals surface area contributed by atoms with Gasteiger partial charge in [0.2, 0.25) is 0 Å². The largest absolute Gasteiger partial charge is 0.465 e. The lowest BCUT2D eigenvalue weighted by Gasteiger charge is -2.20. The third kappa shape index (κ3) is 8.30. The normalized spacial score (nSPS) is 15.2. The maximum Gasteiger partial charge on any atom is 0.315 e. The van der Waals surface area contributed by atoms with Gasteiger partial charge in [-0.1, -0.05) is 31.7 Å². The Hall–Kier alpha value is -1.62. The van der Waals surface area contributed by atoms with Gasteiger partial charge in [0.15, 0.2) is 0 Å². The molecule has 0 aliphatic rings. The Kier molecular flexibility index (Phi) is 10.2. The van der Waals surface area contributed by atoms with Crippen molar-refractivity contribution in [1.29, 1.82) is 0 Å². The number of carbonyl (C=O) groups excluding carboxylic acids is 2. The van der Waals surface area contributed by atoms with Crippen LogP contribution < -0.4 is 0 Å². The summed E-state index contributed by atoms with van der Waals surface area (Å²) < 4.78 is 9.98. The van der Waals surface area contributed by atoms with E-state index in [-0.39, 0.29) is 6.61 Å². The second-order valence-electron chi connectivity index (χ2n) is 4.64. The second-order valence-corrected chi connectivity index (χ2v) is 4.64. The number of allylic oxidation sites excluding steroid dienone is 1. The van der Waals surface area contributed by atoms with Gasteiger partial charge in [0.1, 0.15) is 12.0 Å². The maximum absolute atomic E-state index is 11.8. The zero-order chi connectivity index (χ0) is 16.3. The van der Waals surface area contributed by atoms with Crippen molar-refractivity contribution in [2.75, 3.05) is 6.61 Å². The van der Waals surface area contributed by atoms with Crippen LogP contribution in [-0.4, -0.2) is 35.9 Å². The molecule has 0 radical (unpaired) electrons. The summed E-state index contributed by atoms with van der Waals surface area (Å²) in [4.78, 5) is 22.8. The average Bonchev–Trinajstić information content (AvgIpc) is 2.43. The molecule has 0 aromatic carbocycles. The zero-order valence-corrected chi connectivity index (χ0v) is 13.1. The number of hydrogen-bond donors (Lipinski definition) is 1. The van der Waals surface area contributed by atoms with Gasteiger partial charge >= 0.3 is 11.9 Å². The van der Waals surface area contributed by atoms with Crippen molar-refractivity contribution in [3.8, 4) is 0 Å². The number of aliphatic hydroxyl groups excluding tert-OH is 1. The maximum atomic E-state index is 11.8. The van der Waals surface area contributed by atoms with Crippen LogP contribution in [-0.2, 0) is 19.1 Å². The molecular formula is C16H26O5. The van der Waals surface area contributed by atoms with E-state index >= 15 is 0 Å². The Morgan fingerprint density at radius 3 is 2.43 bits per heavy atom. The predicted octanol–water partition coefficient (Wildman–Crippen LogP) is 2.39. The Morgan fingerprint density at radius 2 is 1.95 bits per heavy atom. The van der Waals surface area contributed by atoms with Crippen molar-refractivity contribution in [2.24, 2.45) is 5.92 Å². The molecule has 0 bridgehead atoms. The highest BCUT2D eigenvalue weighted by Crippen LogP contribution is 2.17. The summed E-state index contributed by atoms with van der Waals surface area (Å²) in [5, 5.41) is 10.2. The lowest BCUT2D eigenvalue weighted by Crippen LogP contribution is -2.29. The second kappa shape index (κ2) is 11.1. The molecule has 0 amide bonds. The topological polar surface area (TPSA) is 72.8 Å². The van der Waals surface area contributed by atoms with E-state index in [9.17, 15) is 14.7 Å². The highest BCUT2D eigenvalue weighted by atomic mass is 16.5. The molecule has 5 nitrogen and oxygen atoms in total. The highest BCUT2D eigenvalue weighted by Gasteiger charge is 2.26. The minimum absolute atomic E-state index is 0.269.